The average Bonchev–Trinajstić information content (AvgIpc) is 2.63. The number of methoxy groups -OCH3 is 1. The Kier molecular flexibility index (Phi) is 7.68. The fourth-order valence-electron chi connectivity index (χ4n) is 2.97. The number of nitrogens with one attached hydrogen (secondary N) is 1. The Morgan fingerprint density at radius 1 is 1.20 bits per heavy atom. The first kappa shape index (κ1) is 19.7. The number of nitrogens with zero attached hydrogens (tertiary/aromatic N) is 2. The number of hydrogen-bond donors (Lipinski definition) is 1. The van der Waals surface area contributed by atoms with E-state index in [9.17, 15) is 4.79 Å². The fraction of sp³-hybridized carbons (Fsp3) is 0.632. The van der Waals surface area contributed by atoms with Gasteiger partial charge in [0.05, 0.1) is 13.2 Å². The molecule has 1 aliphatic heterocycles. The number of carbonyl (C=O) groups is 1. The second-order valence-electron chi connectivity index (χ2n) is 6.54. The van der Waals surface area contributed by atoms with E-state index in [-0.39, 0.29) is 11.9 Å². The van der Waals surface area contributed by atoms with E-state index in [2.05, 4.69) is 22.2 Å². The summed E-state index contributed by atoms with van der Waals surface area (Å²) in [4.78, 5) is 17.2. The zero-order valence-corrected chi connectivity index (χ0v) is 15.8. The first-order chi connectivity index (χ1) is 12.0. The van der Waals surface area contributed by atoms with Crippen molar-refractivity contribution < 1.29 is 14.3 Å². The van der Waals surface area contributed by atoms with Crippen molar-refractivity contribution in [2.45, 2.75) is 26.0 Å². The van der Waals surface area contributed by atoms with Crippen molar-refractivity contribution >= 4 is 5.91 Å². The van der Waals surface area contributed by atoms with Crippen LogP contribution in [0.5, 0.6) is 5.75 Å². The van der Waals surface area contributed by atoms with Crippen LogP contribution in [0.25, 0.3) is 0 Å². The van der Waals surface area contributed by atoms with Crippen molar-refractivity contribution in [3.05, 3.63) is 29.8 Å². The Labute approximate surface area is 151 Å². The normalized spacial score (nSPS) is 18.6. The lowest BCUT2D eigenvalue weighted by atomic mass is 10.0. The van der Waals surface area contributed by atoms with Gasteiger partial charge in [0.1, 0.15) is 11.9 Å². The van der Waals surface area contributed by atoms with E-state index in [1.807, 2.05) is 31.2 Å². The number of amides is 1. The van der Waals surface area contributed by atoms with Crippen LogP contribution >= 0.6 is 0 Å². The Morgan fingerprint density at radius 3 is 2.40 bits per heavy atom. The van der Waals surface area contributed by atoms with E-state index < -0.39 is 6.10 Å². The molecule has 2 rings (SSSR count). The minimum Gasteiger partial charge on any atom is -0.497 e. The van der Waals surface area contributed by atoms with Crippen LogP contribution in [0.15, 0.2) is 24.3 Å². The summed E-state index contributed by atoms with van der Waals surface area (Å²) < 4.78 is 10.7. The van der Waals surface area contributed by atoms with E-state index in [1.165, 1.54) is 0 Å². The third-order valence-corrected chi connectivity index (χ3v) is 4.66. The molecule has 140 valence electrons. The fourth-order valence-corrected chi connectivity index (χ4v) is 2.97. The van der Waals surface area contributed by atoms with E-state index in [0.29, 0.717) is 6.61 Å². The lowest BCUT2D eigenvalue weighted by Crippen LogP contribution is -2.48. The van der Waals surface area contributed by atoms with Crippen LogP contribution < -0.4 is 10.1 Å². The number of benzene rings is 1. The number of rotatable bonds is 8. The van der Waals surface area contributed by atoms with Gasteiger partial charge in [0, 0.05) is 39.3 Å². The summed E-state index contributed by atoms with van der Waals surface area (Å²) in [5.74, 6) is 0.743. The summed E-state index contributed by atoms with van der Waals surface area (Å²) >= 11 is 0. The molecule has 1 aromatic rings. The molecule has 1 saturated heterocycles. The first-order valence-electron chi connectivity index (χ1n) is 9.00. The summed E-state index contributed by atoms with van der Waals surface area (Å²) in [6, 6.07) is 7.84. The van der Waals surface area contributed by atoms with Gasteiger partial charge in [0.25, 0.3) is 0 Å². The van der Waals surface area contributed by atoms with Gasteiger partial charge >= 0.3 is 0 Å². The van der Waals surface area contributed by atoms with Crippen molar-refractivity contribution in [2.24, 2.45) is 0 Å². The second kappa shape index (κ2) is 9.75. The van der Waals surface area contributed by atoms with Gasteiger partial charge in [-0.3, -0.25) is 9.69 Å². The highest BCUT2D eigenvalue weighted by molar-refractivity contribution is 5.80. The molecule has 1 heterocycles. The summed E-state index contributed by atoms with van der Waals surface area (Å²) in [6.45, 7) is 9.15. The Balaban J connectivity index is 2.08. The van der Waals surface area contributed by atoms with Gasteiger partial charge in [-0.15, -0.1) is 0 Å². The maximum atomic E-state index is 12.4. The van der Waals surface area contributed by atoms with Gasteiger partial charge in [-0.05, 0) is 38.6 Å². The standard InChI is InChI=1S/C19H31N3O3/c1-5-25-15(2)19(23)20-18(14-22-12-10-21(3)11-13-22)16-6-8-17(24-4)9-7-16/h6-9,15,18H,5,10-14H2,1-4H3,(H,20,23)/t15-,18+/m1/s1. The van der Waals surface area contributed by atoms with Crippen LogP contribution in [-0.4, -0.2) is 75.3 Å². The molecular weight excluding hydrogens is 318 g/mol. The first-order valence-corrected chi connectivity index (χ1v) is 9.00. The minimum absolute atomic E-state index is 0.0651. The lowest BCUT2D eigenvalue weighted by Gasteiger charge is -2.35. The maximum absolute atomic E-state index is 12.4. The number of piperazine rings is 1. The van der Waals surface area contributed by atoms with Crippen molar-refractivity contribution in [3.8, 4) is 5.75 Å². The molecule has 1 aromatic carbocycles. The molecule has 1 fully saturated rings. The van der Waals surface area contributed by atoms with Crippen LogP contribution in [0.4, 0.5) is 0 Å². The van der Waals surface area contributed by atoms with Crippen molar-refractivity contribution in [2.75, 3.05) is 53.5 Å². The van der Waals surface area contributed by atoms with Crippen LogP contribution in [0.3, 0.4) is 0 Å². The molecule has 6 nitrogen and oxygen atoms in total. The monoisotopic (exact) mass is 349 g/mol. The van der Waals surface area contributed by atoms with Crippen LogP contribution in [-0.2, 0) is 9.53 Å². The molecule has 0 radical (unpaired) electrons. The zero-order chi connectivity index (χ0) is 18.2. The Bertz CT molecular complexity index is 527. The van der Waals surface area contributed by atoms with E-state index >= 15 is 0 Å². The van der Waals surface area contributed by atoms with Gasteiger partial charge in [0.15, 0.2) is 0 Å². The van der Waals surface area contributed by atoms with Crippen LogP contribution in [0.2, 0.25) is 0 Å². The van der Waals surface area contributed by atoms with Crippen LogP contribution in [0, 0.1) is 0 Å². The Morgan fingerprint density at radius 2 is 1.84 bits per heavy atom. The predicted octanol–water partition coefficient (Wildman–Crippen LogP) is 1.52. The van der Waals surface area contributed by atoms with Gasteiger partial charge < -0.3 is 19.7 Å². The highest BCUT2D eigenvalue weighted by atomic mass is 16.5. The van der Waals surface area contributed by atoms with Crippen LogP contribution in [0.1, 0.15) is 25.5 Å². The SMILES string of the molecule is CCO[C@H](C)C(=O)N[C@@H](CN1CCN(C)CC1)c1ccc(OC)cc1. The molecule has 0 unspecified atom stereocenters. The molecule has 1 aliphatic rings. The second-order valence-corrected chi connectivity index (χ2v) is 6.54. The van der Waals surface area contributed by atoms with Gasteiger partial charge in [-0.25, -0.2) is 0 Å². The molecular formula is C19H31N3O3. The molecule has 25 heavy (non-hydrogen) atoms. The van der Waals surface area contributed by atoms with Gasteiger partial charge in [-0.1, -0.05) is 12.1 Å². The third kappa shape index (κ3) is 5.99. The third-order valence-electron chi connectivity index (χ3n) is 4.66. The average molecular weight is 349 g/mol. The largest absolute Gasteiger partial charge is 0.497 e. The number of ether oxygens (including phenoxy) is 2. The molecule has 1 N–H and O–H groups in total. The summed E-state index contributed by atoms with van der Waals surface area (Å²) in [5.41, 5.74) is 1.08. The summed E-state index contributed by atoms with van der Waals surface area (Å²) in [5, 5.41) is 3.15. The smallest absolute Gasteiger partial charge is 0.249 e. The zero-order valence-electron chi connectivity index (χ0n) is 15.8. The molecule has 6 heteroatoms. The molecule has 0 saturated carbocycles. The molecule has 1 amide bonds. The quantitative estimate of drug-likeness (QED) is 0.771. The van der Waals surface area contributed by atoms with E-state index in [4.69, 9.17) is 9.47 Å². The minimum atomic E-state index is -0.446. The Hall–Kier alpha value is -1.63. The topological polar surface area (TPSA) is 54.0 Å². The lowest BCUT2D eigenvalue weighted by molar-refractivity contribution is -0.132. The van der Waals surface area contributed by atoms with Crippen molar-refractivity contribution in [1.29, 1.82) is 0 Å². The number of hydrogen-bond acceptors (Lipinski definition) is 5. The summed E-state index contributed by atoms with van der Waals surface area (Å²) in [6.07, 6.45) is -0.446. The molecule has 0 aromatic heterocycles. The number of likely N-dealkylation sites (N-methyl/N-ethyl adjacent to an activating group) is 1. The molecule has 2 atom stereocenters. The van der Waals surface area contributed by atoms with Gasteiger partial charge in [-0.2, -0.15) is 0 Å². The summed E-state index contributed by atoms with van der Waals surface area (Å²) in [7, 11) is 3.80. The van der Waals surface area contributed by atoms with Gasteiger partial charge in [0.2, 0.25) is 5.91 Å². The van der Waals surface area contributed by atoms with Crippen molar-refractivity contribution in [1.82, 2.24) is 15.1 Å². The molecule has 0 spiro atoms. The van der Waals surface area contributed by atoms with E-state index in [1.54, 1.807) is 14.0 Å². The highest BCUT2D eigenvalue weighted by Crippen LogP contribution is 2.20. The molecule has 0 bridgehead atoms. The number of carbonyl (C=O) groups excluding carboxylic acids is 1. The molecule has 0 aliphatic carbocycles. The maximum Gasteiger partial charge on any atom is 0.249 e. The van der Waals surface area contributed by atoms with E-state index in [0.717, 1.165) is 44.0 Å². The van der Waals surface area contributed by atoms with Crippen molar-refractivity contribution in [3.63, 3.8) is 0 Å². The highest BCUT2D eigenvalue weighted by Gasteiger charge is 2.23. The predicted molar refractivity (Wildman–Crippen MR) is 98.9 cm³/mol.